The molecule has 3 amide bonds. The first-order valence-corrected chi connectivity index (χ1v) is 19.9. The zero-order valence-electron chi connectivity index (χ0n) is 33.6. The number of aromatic nitrogens is 2. The Morgan fingerprint density at radius 1 is 0.951 bits per heavy atom. The zero-order chi connectivity index (χ0) is 43.3. The van der Waals surface area contributed by atoms with Crippen LogP contribution in [0.3, 0.4) is 0 Å². The summed E-state index contributed by atoms with van der Waals surface area (Å²) in [4.78, 5) is 63.2. The van der Waals surface area contributed by atoms with Gasteiger partial charge in [0.15, 0.2) is 5.78 Å². The highest BCUT2D eigenvalue weighted by atomic mass is 19.4. The second kappa shape index (κ2) is 18.3. The molecule has 3 fully saturated rings. The maximum atomic E-state index is 14.0. The van der Waals surface area contributed by atoms with E-state index < -0.39 is 23.6 Å². The zero-order valence-corrected chi connectivity index (χ0v) is 33.6. The molecule has 1 aromatic heterocycles. The second-order valence-corrected chi connectivity index (χ2v) is 15.2. The van der Waals surface area contributed by atoms with E-state index in [1.807, 2.05) is 21.9 Å². The number of benzene rings is 3. The first-order valence-electron chi connectivity index (χ1n) is 19.9. The predicted molar refractivity (Wildman–Crippen MR) is 221 cm³/mol. The Morgan fingerprint density at radius 2 is 1.67 bits per heavy atom. The highest BCUT2D eigenvalue weighted by Gasteiger charge is 2.36. The van der Waals surface area contributed by atoms with E-state index in [1.165, 1.54) is 37.8 Å². The van der Waals surface area contributed by atoms with E-state index in [2.05, 4.69) is 54.3 Å². The number of methoxy groups -OCH3 is 1. The van der Waals surface area contributed by atoms with Gasteiger partial charge >= 0.3 is 6.18 Å². The fourth-order valence-electron chi connectivity index (χ4n) is 7.88. The summed E-state index contributed by atoms with van der Waals surface area (Å²) in [5, 5.41) is 21.3. The van der Waals surface area contributed by atoms with Crippen molar-refractivity contribution in [2.45, 2.75) is 50.7 Å². The number of piperidine rings is 2. The lowest BCUT2D eigenvalue weighted by molar-refractivity contribution is -0.137. The van der Waals surface area contributed by atoms with Gasteiger partial charge in [-0.25, -0.2) is 4.98 Å². The Balaban J connectivity index is 0.938. The van der Waals surface area contributed by atoms with Crippen molar-refractivity contribution in [1.82, 2.24) is 25.1 Å². The van der Waals surface area contributed by atoms with Gasteiger partial charge in [-0.05, 0) is 81.1 Å². The smallest absolute Gasteiger partial charge is 0.421 e. The van der Waals surface area contributed by atoms with Crippen LogP contribution >= 0.6 is 0 Å². The number of alkyl halides is 3. The topological polar surface area (TPSA) is 185 Å². The van der Waals surface area contributed by atoms with E-state index in [-0.39, 0.29) is 57.7 Å². The van der Waals surface area contributed by atoms with Crippen LogP contribution in [0.4, 0.5) is 47.7 Å². The van der Waals surface area contributed by atoms with Gasteiger partial charge in [0.05, 0.1) is 36.3 Å². The molecule has 0 radical (unpaired) electrons. The summed E-state index contributed by atoms with van der Waals surface area (Å²) >= 11 is 0. The van der Waals surface area contributed by atoms with Crippen LogP contribution in [0.1, 0.15) is 65.6 Å². The summed E-state index contributed by atoms with van der Waals surface area (Å²) in [6.45, 7) is 5.00. The van der Waals surface area contributed by atoms with Gasteiger partial charge in [0.1, 0.15) is 29.2 Å². The summed E-state index contributed by atoms with van der Waals surface area (Å²) < 4.78 is 47.7. The van der Waals surface area contributed by atoms with Crippen molar-refractivity contribution >= 4 is 58.0 Å². The van der Waals surface area contributed by atoms with Crippen LogP contribution in [0.5, 0.6) is 5.75 Å². The number of Topliss-reactive ketones (excluding diaryl/α,β-unsaturated/α-hetero) is 1. The lowest BCUT2D eigenvalue weighted by Gasteiger charge is -2.38. The van der Waals surface area contributed by atoms with E-state index in [1.54, 1.807) is 18.2 Å². The number of ketones is 1. The van der Waals surface area contributed by atoms with E-state index in [4.69, 9.17) is 4.74 Å². The molecule has 15 nitrogen and oxygen atoms in total. The van der Waals surface area contributed by atoms with Crippen LogP contribution in [-0.4, -0.2) is 102 Å². The number of nitrogens with zero attached hydrogens (tertiary/aromatic N) is 6. The van der Waals surface area contributed by atoms with Crippen LogP contribution in [0.25, 0.3) is 0 Å². The van der Waals surface area contributed by atoms with Gasteiger partial charge in [0.25, 0.3) is 0 Å². The minimum Gasteiger partial charge on any atom is -0.494 e. The van der Waals surface area contributed by atoms with Gasteiger partial charge in [0.2, 0.25) is 23.7 Å². The van der Waals surface area contributed by atoms with Gasteiger partial charge in [-0.15, -0.1) is 0 Å². The van der Waals surface area contributed by atoms with Crippen LogP contribution < -0.4 is 30.9 Å². The van der Waals surface area contributed by atoms with Crippen molar-refractivity contribution in [2.75, 3.05) is 73.8 Å². The number of halogens is 3. The number of rotatable bonds is 12. The summed E-state index contributed by atoms with van der Waals surface area (Å²) in [6.07, 6.45) is -1.58. The number of nitrogens with one attached hydrogen (secondary N) is 4. The number of nitriles is 1. The molecule has 3 saturated heterocycles. The number of hydrogen-bond acceptors (Lipinski definition) is 13. The number of carbonyl (C=O) groups excluding carboxylic acids is 4. The quantitative estimate of drug-likeness (QED) is 0.0991. The molecule has 7 rings (SSSR count). The van der Waals surface area contributed by atoms with Crippen molar-refractivity contribution in [1.29, 1.82) is 5.26 Å². The van der Waals surface area contributed by atoms with Crippen LogP contribution in [-0.2, 0) is 20.6 Å². The monoisotopic (exact) mass is 838 g/mol. The Kier molecular flexibility index (Phi) is 12.7. The number of ether oxygens (including phenoxy) is 1. The second-order valence-electron chi connectivity index (χ2n) is 15.2. The molecule has 0 spiro atoms. The summed E-state index contributed by atoms with van der Waals surface area (Å²) in [5.74, 6) is -1.01. The first kappa shape index (κ1) is 42.4. The van der Waals surface area contributed by atoms with Gasteiger partial charge in [-0.2, -0.15) is 23.4 Å². The number of anilines is 6. The number of piperazine rings is 1. The number of amides is 3. The van der Waals surface area contributed by atoms with E-state index in [9.17, 15) is 37.6 Å². The lowest BCUT2D eigenvalue weighted by Crippen LogP contribution is -2.52. The molecule has 0 saturated carbocycles. The highest BCUT2D eigenvalue weighted by Crippen LogP contribution is 2.38. The molecule has 1 atom stereocenters. The van der Waals surface area contributed by atoms with Crippen molar-refractivity contribution in [3.05, 3.63) is 89.1 Å². The van der Waals surface area contributed by atoms with Gasteiger partial charge in [-0.1, -0.05) is 24.3 Å². The maximum absolute atomic E-state index is 14.0. The first-order chi connectivity index (χ1) is 29.3. The number of imide groups is 1. The van der Waals surface area contributed by atoms with E-state index in [0.717, 1.165) is 31.6 Å². The van der Waals surface area contributed by atoms with Crippen molar-refractivity contribution in [3.63, 3.8) is 0 Å². The molecule has 61 heavy (non-hydrogen) atoms. The molecule has 4 heterocycles. The molecular formula is C43H45F3N10O5. The lowest BCUT2D eigenvalue weighted by atomic mass is 9.89. The summed E-state index contributed by atoms with van der Waals surface area (Å²) in [5.41, 5.74) is 2.31. The third-order valence-corrected chi connectivity index (χ3v) is 11.2. The highest BCUT2D eigenvalue weighted by molar-refractivity contribution is 6.01. The van der Waals surface area contributed by atoms with Gasteiger partial charge < -0.3 is 30.5 Å². The molecule has 0 bridgehead atoms. The summed E-state index contributed by atoms with van der Waals surface area (Å²) in [6, 6.07) is 19.1. The third-order valence-electron chi connectivity index (χ3n) is 11.2. The fraction of sp³-hybridized carbons (Fsp3) is 0.372. The Bertz CT molecular complexity index is 2340. The molecule has 1 unspecified atom stereocenters. The van der Waals surface area contributed by atoms with E-state index in [0.29, 0.717) is 63.4 Å². The average Bonchev–Trinajstić information content (AvgIpc) is 3.25. The molecule has 4 aromatic rings. The number of para-hydroxylation sites is 1. The van der Waals surface area contributed by atoms with Crippen molar-refractivity contribution in [3.8, 4) is 11.8 Å². The summed E-state index contributed by atoms with van der Waals surface area (Å²) in [7, 11) is 1.43. The molecule has 318 valence electrons. The minimum atomic E-state index is -4.80. The predicted octanol–water partition coefficient (Wildman–Crippen LogP) is 5.81. The number of likely N-dealkylation sites (tertiary alicyclic amines) is 1. The molecule has 18 heteroatoms. The van der Waals surface area contributed by atoms with Crippen LogP contribution in [0.2, 0.25) is 0 Å². The Morgan fingerprint density at radius 3 is 2.33 bits per heavy atom. The standard InChI is InChI=1S/C43H45F3N10O5/c1-26(57)31-5-3-4-6-33(31)50-40-32(43(44,45)46)24-48-42(53-40)51-35-21-29(23-47)36(22-37(35)61-2)55-17-19-56(20-18-55)39(59)25-54-15-13-28(14-16-54)27-7-9-30(10-8-27)49-34-11-12-38(58)52-41(34)60/h3-10,21-22,24,28,34,49H,11-20,25H2,1-2H3,(H,52,58,60)(H2,48,50,51,53). The van der Waals surface area contributed by atoms with Crippen LogP contribution in [0.15, 0.2) is 66.9 Å². The van der Waals surface area contributed by atoms with Gasteiger partial charge in [0, 0.05) is 56.1 Å². The molecule has 3 aliphatic rings. The maximum Gasteiger partial charge on any atom is 0.421 e. The van der Waals surface area contributed by atoms with E-state index >= 15 is 0 Å². The third kappa shape index (κ3) is 10.0. The molecule has 4 N–H and O–H groups in total. The SMILES string of the molecule is COc1cc(N2CCN(C(=O)CN3CCC(c4ccc(NC5CCC(=O)NC5=O)cc4)CC3)CC2)c(C#N)cc1Nc1ncc(C(F)(F)F)c(Nc2ccccc2C(C)=O)n1. The average molecular weight is 839 g/mol. The Hall–Kier alpha value is -6.74. The molecule has 0 aliphatic carbocycles. The fourth-order valence-corrected chi connectivity index (χ4v) is 7.88. The molecule has 3 aromatic carbocycles. The molecular weight excluding hydrogens is 794 g/mol. The van der Waals surface area contributed by atoms with Crippen molar-refractivity contribution < 1.29 is 37.1 Å². The van der Waals surface area contributed by atoms with Crippen LogP contribution in [0, 0.1) is 11.3 Å². The number of carbonyl (C=O) groups is 4. The molecule has 3 aliphatic heterocycles. The minimum absolute atomic E-state index is 0.0368. The largest absolute Gasteiger partial charge is 0.494 e. The normalized spacial score (nSPS) is 17.6. The Labute approximate surface area is 350 Å². The van der Waals surface area contributed by atoms with Gasteiger partial charge in [-0.3, -0.25) is 29.4 Å². The van der Waals surface area contributed by atoms with Crippen molar-refractivity contribution in [2.24, 2.45) is 0 Å². The number of hydrogen-bond donors (Lipinski definition) is 4.